The van der Waals surface area contributed by atoms with Crippen molar-refractivity contribution < 1.29 is 9.18 Å². The summed E-state index contributed by atoms with van der Waals surface area (Å²) in [4.78, 5) is 14.8. The molecule has 166 valence electrons. The highest BCUT2D eigenvalue weighted by Crippen LogP contribution is 2.42. The van der Waals surface area contributed by atoms with Gasteiger partial charge in [-0.2, -0.15) is 5.10 Å². The average Bonchev–Trinajstić information content (AvgIpc) is 3.20. The Labute approximate surface area is 187 Å². The molecule has 0 aliphatic carbocycles. The Morgan fingerprint density at radius 3 is 2.66 bits per heavy atom. The number of piperidine rings is 3. The van der Waals surface area contributed by atoms with E-state index in [2.05, 4.69) is 21.6 Å². The molecule has 2 aromatic carbocycles. The SMILES string of the molecule is Cn1nc(-c2ccc(F)cc2)cc1[C@H]1CN2CC[C@H]1C[C@@H]2CNC(=O)Nc1ccccc1. The summed E-state index contributed by atoms with van der Waals surface area (Å²) in [6.45, 7) is 2.68. The van der Waals surface area contributed by atoms with Gasteiger partial charge in [0.2, 0.25) is 0 Å². The number of urea groups is 1. The number of hydrogen-bond acceptors (Lipinski definition) is 3. The van der Waals surface area contributed by atoms with Crippen molar-refractivity contribution in [3.8, 4) is 11.3 Å². The highest BCUT2D eigenvalue weighted by Gasteiger charge is 2.41. The van der Waals surface area contributed by atoms with Gasteiger partial charge in [-0.05, 0) is 67.8 Å². The molecule has 4 atom stereocenters. The monoisotopic (exact) mass is 433 g/mol. The number of hydrogen-bond donors (Lipinski definition) is 2. The summed E-state index contributed by atoms with van der Waals surface area (Å²) < 4.78 is 15.3. The van der Waals surface area contributed by atoms with Gasteiger partial charge in [0.25, 0.3) is 0 Å². The van der Waals surface area contributed by atoms with E-state index in [0.29, 0.717) is 24.4 Å². The summed E-state index contributed by atoms with van der Waals surface area (Å²) in [6.07, 6.45) is 2.22. The zero-order valence-corrected chi connectivity index (χ0v) is 18.2. The van der Waals surface area contributed by atoms with Crippen LogP contribution >= 0.6 is 0 Å². The van der Waals surface area contributed by atoms with Crippen LogP contribution in [-0.2, 0) is 7.05 Å². The molecule has 6 nitrogen and oxygen atoms in total. The highest BCUT2D eigenvalue weighted by molar-refractivity contribution is 5.89. The van der Waals surface area contributed by atoms with E-state index in [-0.39, 0.29) is 11.8 Å². The van der Waals surface area contributed by atoms with Gasteiger partial charge in [-0.15, -0.1) is 0 Å². The molecule has 1 unspecified atom stereocenters. The van der Waals surface area contributed by atoms with E-state index in [4.69, 9.17) is 5.10 Å². The summed E-state index contributed by atoms with van der Waals surface area (Å²) in [5, 5.41) is 10.6. The molecular formula is C25H28FN5O. The number of aryl methyl sites for hydroxylation is 1. The molecule has 0 spiro atoms. The maximum Gasteiger partial charge on any atom is 0.319 e. The number of carbonyl (C=O) groups excluding carboxylic acids is 1. The van der Waals surface area contributed by atoms with E-state index in [9.17, 15) is 9.18 Å². The lowest BCUT2D eigenvalue weighted by Gasteiger charge is -2.49. The fraction of sp³-hybridized carbons (Fsp3) is 0.360. The molecule has 1 aromatic heterocycles. The van der Waals surface area contributed by atoms with Gasteiger partial charge in [-0.1, -0.05) is 18.2 Å². The van der Waals surface area contributed by atoms with Gasteiger partial charge >= 0.3 is 6.03 Å². The predicted molar refractivity (Wildman–Crippen MR) is 123 cm³/mol. The Hall–Kier alpha value is -3.19. The molecule has 0 saturated carbocycles. The molecule has 2 bridgehead atoms. The van der Waals surface area contributed by atoms with Crippen LogP contribution in [0.4, 0.5) is 14.9 Å². The third kappa shape index (κ3) is 4.25. The molecule has 3 aliphatic rings. The number of para-hydroxylation sites is 1. The molecule has 4 heterocycles. The number of halogens is 1. The smallest absolute Gasteiger partial charge is 0.319 e. The van der Waals surface area contributed by atoms with Crippen molar-refractivity contribution in [2.24, 2.45) is 13.0 Å². The molecule has 3 aliphatic heterocycles. The zero-order chi connectivity index (χ0) is 22.1. The van der Waals surface area contributed by atoms with Gasteiger partial charge in [0, 0.05) is 49.0 Å². The summed E-state index contributed by atoms with van der Waals surface area (Å²) >= 11 is 0. The number of fused-ring (bicyclic) bond motifs is 3. The first kappa shape index (κ1) is 20.7. The van der Waals surface area contributed by atoms with Gasteiger partial charge in [0.05, 0.1) is 5.69 Å². The van der Waals surface area contributed by atoms with E-state index in [1.54, 1.807) is 12.1 Å². The van der Waals surface area contributed by atoms with E-state index < -0.39 is 0 Å². The minimum atomic E-state index is -0.237. The second kappa shape index (κ2) is 8.74. The van der Waals surface area contributed by atoms with Crippen molar-refractivity contribution in [2.75, 3.05) is 25.0 Å². The third-order valence-electron chi connectivity index (χ3n) is 6.84. The number of benzene rings is 2. The van der Waals surface area contributed by atoms with Crippen molar-refractivity contribution in [1.82, 2.24) is 20.0 Å². The van der Waals surface area contributed by atoms with Gasteiger partial charge in [0.1, 0.15) is 5.82 Å². The molecule has 3 aromatic rings. The fourth-order valence-corrected chi connectivity index (χ4v) is 5.18. The van der Waals surface area contributed by atoms with Crippen molar-refractivity contribution in [3.05, 3.63) is 72.2 Å². The Morgan fingerprint density at radius 2 is 1.94 bits per heavy atom. The Bertz CT molecular complexity index is 1080. The van der Waals surface area contributed by atoms with Gasteiger partial charge in [0.15, 0.2) is 0 Å². The van der Waals surface area contributed by atoms with Crippen LogP contribution in [0.25, 0.3) is 11.3 Å². The molecule has 2 N–H and O–H groups in total. The molecule has 7 heteroatoms. The van der Waals surface area contributed by atoms with Crippen molar-refractivity contribution >= 4 is 11.7 Å². The number of nitrogens with one attached hydrogen (secondary N) is 2. The Balaban J connectivity index is 1.22. The summed E-state index contributed by atoms with van der Waals surface area (Å²) in [6, 6.07) is 18.4. The van der Waals surface area contributed by atoms with E-state index in [1.807, 2.05) is 42.1 Å². The van der Waals surface area contributed by atoms with Gasteiger partial charge in [-0.25, -0.2) is 9.18 Å². The van der Waals surface area contributed by atoms with Crippen LogP contribution in [0.1, 0.15) is 24.5 Å². The van der Waals surface area contributed by atoms with E-state index >= 15 is 0 Å². The first-order chi connectivity index (χ1) is 15.6. The van der Waals surface area contributed by atoms with Crippen molar-refractivity contribution in [1.29, 1.82) is 0 Å². The van der Waals surface area contributed by atoms with Crippen LogP contribution in [0, 0.1) is 11.7 Å². The van der Waals surface area contributed by atoms with E-state index in [0.717, 1.165) is 42.9 Å². The number of anilines is 1. The van der Waals surface area contributed by atoms with Crippen molar-refractivity contribution in [3.63, 3.8) is 0 Å². The largest absolute Gasteiger partial charge is 0.336 e. The number of aromatic nitrogens is 2. The number of nitrogens with zero attached hydrogens (tertiary/aromatic N) is 3. The standard InChI is InChI=1S/C25H28FN5O/c1-30-24(14-23(29-30)17-7-9-19(26)10-8-17)22-16-31-12-11-18(22)13-21(31)15-27-25(32)28-20-5-3-2-4-6-20/h2-10,14,18,21-22H,11-13,15-16H2,1H3,(H2,27,28,32)/t18-,21+,22-/m0/s1. The van der Waals surface area contributed by atoms with Gasteiger partial charge in [-0.3, -0.25) is 9.58 Å². The van der Waals surface area contributed by atoms with Crippen LogP contribution in [0.2, 0.25) is 0 Å². The van der Waals surface area contributed by atoms with E-state index in [1.165, 1.54) is 17.8 Å². The molecule has 0 radical (unpaired) electrons. The average molecular weight is 434 g/mol. The third-order valence-corrected chi connectivity index (χ3v) is 6.84. The highest BCUT2D eigenvalue weighted by atomic mass is 19.1. The summed E-state index contributed by atoms with van der Waals surface area (Å²) in [5.74, 6) is 0.754. The topological polar surface area (TPSA) is 62.2 Å². The van der Waals surface area contributed by atoms with Crippen molar-refractivity contribution in [2.45, 2.75) is 24.8 Å². The number of amides is 2. The minimum Gasteiger partial charge on any atom is -0.336 e. The quantitative estimate of drug-likeness (QED) is 0.633. The second-order valence-corrected chi connectivity index (χ2v) is 8.83. The Morgan fingerprint density at radius 1 is 1.16 bits per heavy atom. The normalized spacial score (nSPS) is 24.3. The molecular weight excluding hydrogens is 405 g/mol. The lowest BCUT2D eigenvalue weighted by Crippen LogP contribution is -2.56. The molecule has 2 amide bonds. The van der Waals surface area contributed by atoms with Crippen LogP contribution in [-0.4, -0.2) is 46.4 Å². The van der Waals surface area contributed by atoms with Gasteiger partial charge < -0.3 is 10.6 Å². The molecule has 32 heavy (non-hydrogen) atoms. The Kier molecular flexibility index (Phi) is 5.66. The lowest BCUT2D eigenvalue weighted by molar-refractivity contribution is 0.0296. The summed E-state index contributed by atoms with van der Waals surface area (Å²) in [5.41, 5.74) is 3.84. The van der Waals surface area contributed by atoms with Crippen LogP contribution in [0.3, 0.4) is 0 Å². The maximum absolute atomic E-state index is 13.3. The second-order valence-electron chi connectivity index (χ2n) is 8.83. The summed E-state index contributed by atoms with van der Waals surface area (Å²) in [7, 11) is 1.99. The number of rotatable bonds is 5. The predicted octanol–water partition coefficient (Wildman–Crippen LogP) is 4.23. The lowest BCUT2D eigenvalue weighted by atomic mass is 9.74. The molecule has 3 saturated heterocycles. The van der Waals surface area contributed by atoms with Crippen LogP contribution < -0.4 is 10.6 Å². The fourth-order valence-electron chi connectivity index (χ4n) is 5.18. The zero-order valence-electron chi connectivity index (χ0n) is 18.2. The first-order valence-electron chi connectivity index (χ1n) is 11.2. The first-order valence-corrected chi connectivity index (χ1v) is 11.2. The van der Waals surface area contributed by atoms with Crippen LogP contribution in [0.15, 0.2) is 60.7 Å². The number of carbonyl (C=O) groups is 1. The minimum absolute atomic E-state index is 0.161. The molecule has 6 rings (SSSR count). The molecule has 3 fully saturated rings. The maximum atomic E-state index is 13.3. The van der Waals surface area contributed by atoms with Crippen LogP contribution in [0.5, 0.6) is 0 Å².